The zero-order valence-corrected chi connectivity index (χ0v) is 8.96. The molecule has 0 aromatic heterocycles. The van der Waals surface area contributed by atoms with Crippen LogP contribution in [-0.2, 0) is 16.2 Å². The number of hydroxylamine groups is 2. The molecule has 2 rings (SSSR count). The molecule has 0 N–H and O–H groups in total. The van der Waals surface area contributed by atoms with E-state index in [0.29, 0.717) is 12.4 Å². The van der Waals surface area contributed by atoms with Gasteiger partial charge in [-0.3, -0.25) is 4.84 Å². The Kier molecular flexibility index (Phi) is 3.05. The molecule has 0 fully saturated rings. The molecule has 82 valence electrons. The molecule has 4 heteroatoms. The van der Waals surface area contributed by atoms with Crippen molar-refractivity contribution in [2.45, 2.75) is 6.61 Å². The molecule has 0 radical (unpaired) electrons. The lowest BCUT2D eigenvalue weighted by Crippen LogP contribution is -2.21. The van der Waals surface area contributed by atoms with Crippen LogP contribution in [-0.4, -0.2) is 23.0 Å². The van der Waals surface area contributed by atoms with Gasteiger partial charge in [0.1, 0.15) is 6.61 Å². The molecule has 0 spiro atoms. The highest BCUT2D eigenvalue weighted by molar-refractivity contribution is 5.52. The molecule has 0 aliphatic carbocycles. The molecule has 0 unspecified atom stereocenters. The van der Waals surface area contributed by atoms with Gasteiger partial charge < -0.3 is 4.90 Å². The van der Waals surface area contributed by atoms with Crippen molar-refractivity contribution >= 4 is 5.94 Å². The van der Waals surface area contributed by atoms with E-state index in [1.54, 1.807) is 24.3 Å². The minimum Gasteiger partial charge on any atom is -0.325 e. The van der Waals surface area contributed by atoms with Crippen molar-refractivity contribution in [1.82, 2.24) is 9.96 Å². The van der Waals surface area contributed by atoms with Crippen molar-refractivity contribution in [2.24, 2.45) is 0 Å². The van der Waals surface area contributed by atoms with Crippen molar-refractivity contribution in [3.05, 3.63) is 54.1 Å². The summed E-state index contributed by atoms with van der Waals surface area (Å²) in [6.45, 7) is 0.421. The first-order valence-corrected chi connectivity index (χ1v) is 4.93. The van der Waals surface area contributed by atoms with Crippen LogP contribution in [0.25, 0.3) is 0 Å². The molecule has 0 bridgehead atoms. The summed E-state index contributed by atoms with van der Waals surface area (Å²) >= 11 is 0. The molecule has 4 nitrogen and oxygen atoms in total. The van der Waals surface area contributed by atoms with Crippen LogP contribution in [0.4, 0.5) is 0 Å². The number of rotatable bonds is 3. The van der Waals surface area contributed by atoms with Gasteiger partial charge in [0.15, 0.2) is 5.94 Å². The average molecular weight is 216 g/mol. The summed E-state index contributed by atoms with van der Waals surface area (Å²) in [5.74, 6) is 2.19. The fourth-order valence-electron chi connectivity index (χ4n) is 1.40. The standard InChI is InChI=1S/C12H12N2O2/c1-13-7-8-14(12(13)9-15)16-10-11-5-3-2-4-6-11/h2-8H,10H2,1H3. The van der Waals surface area contributed by atoms with Gasteiger partial charge in [-0.05, 0) is 5.56 Å². The van der Waals surface area contributed by atoms with E-state index in [9.17, 15) is 4.79 Å². The van der Waals surface area contributed by atoms with E-state index in [1.165, 1.54) is 5.06 Å². The number of hydrogen-bond acceptors (Lipinski definition) is 4. The van der Waals surface area contributed by atoms with E-state index in [2.05, 4.69) is 0 Å². The predicted octanol–water partition coefficient (Wildman–Crippen LogP) is 1.51. The highest BCUT2D eigenvalue weighted by Gasteiger charge is 2.18. The largest absolute Gasteiger partial charge is 0.325 e. The normalized spacial score (nSPS) is 14.4. The summed E-state index contributed by atoms with van der Waals surface area (Å²) in [6, 6.07) is 9.77. The van der Waals surface area contributed by atoms with Crippen molar-refractivity contribution in [1.29, 1.82) is 0 Å². The van der Waals surface area contributed by atoms with Gasteiger partial charge in [0.2, 0.25) is 5.82 Å². The highest BCUT2D eigenvalue weighted by atomic mass is 16.7. The molecule has 1 aromatic carbocycles. The first-order chi connectivity index (χ1) is 7.81. The Morgan fingerprint density at radius 3 is 2.69 bits per heavy atom. The SMILES string of the molecule is CN1C=CN(OCc2ccccc2)C1=C=O. The van der Waals surface area contributed by atoms with Crippen LogP contribution in [0.1, 0.15) is 5.56 Å². The van der Waals surface area contributed by atoms with Crippen molar-refractivity contribution < 1.29 is 9.63 Å². The summed E-state index contributed by atoms with van der Waals surface area (Å²) in [6.07, 6.45) is 3.42. The van der Waals surface area contributed by atoms with Crippen LogP contribution in [0, 0.1) is 0 Å². The zero-order valence-electron chi connectivity index (χ0n) is 8.96. The molecule has 16 heavy (non-hydrogen) atoms. The molecular formula is C12H12N2O2. The topological polar surface area (TPSA) is 32.8 Å². The lowest BCUT2D eigenvalue weighted by atomic mass is 10.2. The van der Waals surface area contributed by atoms with Crippen LogP contribution in [0.2, 0.25) is 0 Å². The maximum absolute atomic E-state index is 10.7. The van der Waals surface area contributed by atoms with Gasteiger partial charge in [-0.2, -0.15) is 0 Å². The fraction of sp³-hybridized carbons (Fsp3) is 0.167. The van der Waals surface area contributed by atoms with Gasteiger partial charge in [0, 0.05) is 13.2 Å². The summed E-state index contributed by atoms with van der Waals surface area (Å²) < 4.78 is 0. The van der Waals surface area contributed by atoms with E-state index < -0.39 is 0 Å². The van der Waals surface area contributed by atoms with Crippen LogP contribution in [0.15, 0.2) is 48.6 Å². The molecule has 0 saturated carbocycles. The number of benzene rings is 1. The Morgan fingerprint density at radius 1 is 1.25 bits per heavy atom. The number of carbonyl (C=O) groups excluding carboxylic acids is 1. The maximum atomic E-state index is 10.7. The first kappa shape index (κ1) is 10.5. The Morgan fingerprint density at radius 2 is 2.00 bits per heavy atom. The molecule has 0 atom stereocenters. The summed E-state index contributed by atoms with van der Waals surface area (Å²) in [5.41, 5.74) is 1.05. The Bertz CT molecular complexity index is 436. The first-order valence-electron chi connectivity index (χ1n) is 4.93. The lowest BCUT2D eigenvalue weighted by molar-refractivity contribution is -0.107. The third-order valence-corrected chi connectivity index (χ3v) is 2.27. The van der Waals surface area contributed by atoms with Crippen LogP contribution in [0.3, 0.4) is 0 Å². The van der Waals surface area contributed by atoms with Crippen molar-refractivity contribution in [2.75, 3.05) is 7.05 Å². The van der Waals surface area contributed by atoms with Crippen LogP contribution >= 0.6 is 0 Å². The van der Waals surface area contributed by atoms with Crippen molar-refractivity contribution in [3.63, 3.8) is 0 Å². The van der Waals surface area contributed by atoms with Gasteiger partial charge in [-0.25, -0.2) is 9.86 Å². The monoisotopic (exact) mass is 216 g/mol. The van der Waals surface area contributed by atoms with E-state index >= 15 is 0 Å². The Labute approximate surface area is 94.0 Å². The minimum absolute atomic E-state index is 0.357. The smallest absolute Gasteiger partial charge is 0.223 e. The molecule has 0 amide bonds. The van der Waals surface area contributed by atoms with E-state index in [4.69, 9.17) is 4.84 Å². The fourth-order valence-corrected chi connectivity index (χ4v) is 1.40. The van der Waals surface area contributed by atoms with Gasteiger partial charge in [0.25, 0.3) is 0 Å². The third-order valence-electron chi connectivity index (χ3n) is 2.27. The average Bonchev–Trinajstić information content (AvgIpc) is 2.68. The van der Waals surface area contributed by atoms with Crippen LogP contribution < -0.4 is 0 Å². The van der Waals surface area contributed by atoms with E-state index in [0.717, 1.165) is 5.56 Å². The summed E-state index contributed by atoms with van der Waals surface area (Å²) in [7, 11) is 1.77. The quantitative estimate of drug-likeness (QED) is 0.717. The summed E-state index contributed by atoms with van der Waals surface area (Å²) in [5, 5.41) is 1.42. The minimum atomic E-state index is 0.357. The molecule has 0 saturated heterocycles. The molecule has 1 aliphatic heterocycles. The maximum Gasteiger partial charge on any atom is 0.223 e. The third kappa shape index (κ3) is 2.14. The Balaban J connectivity index is 1.97. The number of nitrogens with zero attached hydrogens (tertiary/aromatic N) is 2. The molecule has 1 aliphatic rings. The molecular weight excluding hydrogens is 204 g/mol. The lowest BCUT2D eigenvalue weighted by Gasteiger charge is -2.17. The number of hydrogen-bond donors (Lipinski definition) is 0. The second-order valence-electron chi connectivity index (χ2n) is 3.42. The van der Waals surface area contributed by atoms with Crippen molar-refractivity contribution in [3.8, 4) is 0 Å². The zero-order chi connectivity index (χ0) is 11.4. The van der Waals surface area contributed by atoms with Gasteiger partial charge in [-0.15, -0.1) is 0 Å². The predicted molar refractivity (Wildman–Crippen MR) is 59.2 cm³/mol. The second kappa shape index (κ2) is 4.66. The highest BCUT2D eigenvalue weighted by Crippen LogP contribution is 2.16. The van der Waals surface area contributed by atoms with E-state index in [-0.39, 0.29) is 0 Å². The molecule has 1 aromatic rings. The van der Waals surface area contributed by atoms with Gasteiger partial charge >= 0.3 is 0 Å². The second-order valence-corrected chi connectivity index (χ2v) is 3.42. The van der Waals surface area contributed by atoms with Gasteiger partial charge in [0.05, 0.1) is 6.20 Å². The molecule has 1 heterocycles. The van der Waals surface area contributed by atoms with Crippen LogP contribution in [0.5, 0.6) is 0 Å². The van der Waals surface area contributed by atoms with Gasteiger partial charge in [-0.1, -0.05) is 30.3 Å². The Hall–Kier alpha value is -2.03. The summed E-state index contributed by atoms with van der Waals surface area (Å²) in [4.78, 5) is 17.8. The van der Waals surface area contributed by atoms with E-state index in [1.807, 2.05) is 36.3 Å².